The molecule has 1 aromatic heterocycles. The molecule has 11 heteroatoms. The molecule has 35 heavy (non-hydrogen) atoms. The van der Waals surface area contributed by atoms with Crippen molar-refractivity contribution in [2.45, 2.75) is 6.61 Å². The lowest BCUT2D eigenvalue weighted by Gasteiger charge is -2.13. The molecule has 0 aliphatic heterocycles. The van der Waals surface area contributed by atoms with E-state index in [0.717, 1.165) is 0 Å². The van der Waals surface area contributed by atoms with Crippen molar-refractivity contribution in [2.75, 3.05) is 7.11 Å². The second-order valence-electron chi connectivity index (χ2n) is 7.24. The minimum absolute atomic E-state index is 0.0608. The summed E-state index contributed by atoms with van der Waals surface area (Å²) in [5.74, 6) is -0.485. The highest BCUT2D eigenvalue weighted by atomic mass is 35.5. The predicted octanol–water partition coefficient (Wildman–Crippen LogP) is 5.49. The number of nitrogens with zero attached hydrogens (tertiary/aromatic N) is 2. The van der Waals surface area contributed by atoms with Crippen LogP contribution in [0.3, 0.4) is 0 Å². The molecule has 3 aromatic carbocycles. The predicted molar refractivity (Wildman–Crippen MR) is 127 cm³/mol. The highest BCUT2D eigenvalue weighted by Gasteiger charge is 2.15. The van der Waals surface area contributed by atoms with Gasteiger partial charge >= 0.3 is 5.91 Å². The summed E-state index contributed by atoms with van der Waals surface area (Å²) in [6.45, 7) is 0.0813. The summed E-state index contributed by atoms with van der Waals surface area (Å²) in [5, 5.41) is 15.4. The maximum atomic E-state index is 13.4. The maximum absolute atomic E-state index is 13.4. The highest BCUT2D eigenvalue weighted by molar-refractivity contribution is 6.32. The SMILES string of the molecule is COc1cc(/C=N\NC(=O)c2cc3cc([N+](=O)[O-])ccc3o2)cc(Cl)c1OCc1cccc(F)c1. The van der Waals surface area contributed by atoms with Crippen molar-refractivity contribution in [3.63, 3.8) is 0 Å². The number of nitro groups is 1. The average molecular weight is 498 g/mol. The summed E-state index contributed by atoms with van der Waals surface area (Å²) in [5.41, 5.74) is 3.66. The van der Waals surface area contributed by atoms with Crippen LogP contribution in [-0.4, -0.2) is 24.2 Å². The van der Waals surface area contributed by atoms with Gasteiger partial charge in [-0.3, -0.25) is 14.9 Å². The molecule has 0 aliphatic carbocycles. The average Bonchev–Trinajstić information content (AvgIpc) is 3.26. The van der Waals surface area contributed by atoms with Crippen molar-refractivity contribution in [1.82, 2.24) is 5.43 Å². The Balaban J connectivity index is 1.44. The van der Waals surface area contributed by atoms with E-state index < -0.39 is 10.8 Å². The minimum Gasteiger partial charge on any atom is -0.493 e. The van der Waals surface area contributed by atoms with E-state index in [4.69, 9.17) is 25.5 Å². The van der Waals surface area contributed by atoms with Gasteiger partial charge in [-0.25, -0.2) is 9.82 Å². The topological polar surface area (TPSA) is 116 Å². The standard InChI is InChI=1S/C24H17ClFN3O6/c1-33-21-9-15(8-19(25)23(21)34-13-14-3-2-4-17(26)7-14)12-27-28-24(30)22-11-16-10-18(29(31)32)5-6-20(16)35-22/h2-12H,13H2,1H3,(H,28,30)/b27-12-. The first-order valence-corrected chi connectivity index (χ1v) is 10.5. The van der Waals surface area contributed by atoms with E-state index in [1.54, 1.807) is 24.3 Å². The van der Waals surface area contributed by atoms with Crippen LogP contribution < -0.4 is 14.9 Å². The van der Waals surface area contributed by atoms with Gasteiger partial charge in [0.1, 0.15) is 18.0 Å². The number of ether oxygens (including phenoxy) is 2. The largest absolute Gasteiger partial charge is 0.493 e. The van der Waals surface area contributed by atoms with Gasteiger partial charge < -0.3 is 13.9 Å². The van der Waals surface area contributed by atoms with Crippen molar-refractivity contribution in [2.24, 2.45) is 5.10 Å². The summed E-state index contributed by atoms with van der Waals surface area (Å²) in [6.07, 6.45) is 1.34. The van der Waals surface area contributed by atoms with E-state index in [9.17, 15) is 19.3 Å². The van der Waals surface area contributed by atoms with E-state index in [-0.39, 0.29) is 34.6 Å². The van der Waals surface area contributed by atoms with Crippen molar-refractivity contribution in [3.8, 4) is 11.5 Å². The lowest BCUT2D eigenvalue weighted by Crippen LogP contribution is -2.16. The van der Waals surface area contributed by atoms with E-state index >= 15 is 0 Å². The molecule has 4 aromatic rings. The Bertz CT molecular complexity index is 1450. The molecule has 0 bridgehead atoms. The monoisotopic (exact) mass is 497 g/mol. The third kappa shape index (κ3) is 5.56. The highest BCUT2D eigenvalue weighted by Crippen LogP contribution is 2.36. The molecule has 178 valence electrons. The summed E-state index contributed by atoms with van der Waals surface area (Å²) in [7, 11) is 1.44. The van der Waals surface area contributed by atoms with Gasteiger partial charge in [0.05, 0.1) is 23.3 Å². The molecule has 0 spiro atoms. The Morgan fingerprint density at radius 2 is 2.06 bits per heavy atom. The lowest BCUT2D eigenvalue weighted by molar-refractivity contribution is -0.384. The van der Waals surface area contributed by atoms with Gasteiger partial charge in [-0.15, -0.1) is 0 Å². The van der Waals surface area contributed by atoms with Crippen molar-refractivity contribution >= 4 is 40.4 Å². The van der Waals surface area contributed by atoms with Crippen molar-refractivity contribution < 1.29 is 28.0 Å². The Morgan fingerprint density at radius 3 is 2.80 bits per heavy atom. The zero-order valence-corrected chi connectivity index (χ0v) is 18.9. The molecular weight excluding hydrogens is 481 g/mol. The molecule has 1 amide bonds. The van der Waals surface area contributed by atoms with E-state index in [1.807, 2.05) is 0 Å². The second-order valence-corrected chi connectivity index (χ2v) is 7.65. The first-order valence-electron chi connectivity index (χ1n) is 10.1. The van der Waals surface area contributed by atoms with E-state index in [2.05, 4.69) is 10.5 Å². The molecule has 9 nitrogen and oxygen atoms in total. The molecule has 1 heterocycles. The van der Waals surface area contributed by atoms with Crippen LogP contribution in [-0.2, 0) is 6.61 Å². The number of non-ortho nitro benzene ring substituents is 1. The zero-order valence-electron chi connectivity index (χ0n) is 18.2. The molecule has 0 saturated carbocycles. The van der Waals surface area contributed by atoms with Crippen LogP contribution in [0.25, 0.3) is 11.0 Å². The van der Waals surface area contributed by atoms with Gasteiger partial charge in [-0.05, 0) is 47.5 Å². The Kier molecular flexibility index (Phi) is 6.93. The third-order valence-corrected chi connectivity index (χ3v) is 5.12. The number of carbonyl (C=O) groups is 1. The molecule has 0 unspecified atom stereocenters. The summed E-state index contributed by atoms with van der Waals surface area (Å²) < 4.78 is 29.8. The number of hydrazone groups is 1. The van der Waals surface area contributed by atoms with Crippen molar-refractivity contribution in [1.29, 1.82) is 0 Å². The van der Waals surface area contributed by atoms with Crippen LogP contribution in [0, 0.1) is 15.9 Å². The van der Waals surface area contributed by atoms with Crippen LogP contribution in [0.4, 0.5) is 10.1 Å². The van der Waals surface area contributed by atoms with Crippen LogP contribution in [0.15, 0.2) is 70.2 Å². The molecule has 0 aliphatic rings. The number of furan rings is 1. The Morgan fingerprint density at radius 1 is 1.23 bits per heavy atom. The summed E-state index contributed by atoms with van der Waals surface area (Å²) >= 11 is 6.34. The molecular formula is C24H17ClFN3O6. The maximum Gasteiger partial charge on any atom is 0.307 e. The van der Waals surface area contributed by atoms with Gasteiger partial charge in [0.25, 0.3) is 5.69 Å². The first-order chi connectivity index (χ1) is 16.8. The minimum atomic E-state index is -0.645. The number of fused-ring (bicyclic) bond motifs is 1. The fourth-order valence-electron chi connectivity index (χ4n) is 3.21. The van der Waals surface area contributed by atoms with E-state index in [0.29, 0.717) is 27.8 Å². The number of nitrogens with one attached hydrogen (secondary N) is 1. The number of hydrogen-bond donors (Lipinski definition) is 1. The molecule has 0 radical (unpaired) electrons. The number of hydrogen-bond acceptors (Lipinski definition) is 7. The summed E-state index contributed by atoms with van der Waals surface area (Å²) in [4.78, 5) is 22.7. The zero-order chi connectivity index (χ0) is 24.9. The fraction of sp³-hybridized carbons (Fsp3) is 0.0833. The molecule has 0 atom stereocenters. The van der Waals surface area contributed by atoms with Crippen LogP contribution in [0.5, 0.6) is 11.5 Å². The van der Waals surface area contributed by atoms with Gasteiger partial charge in [0.2, 0.25) is 0 Å². The number of rotatable bonds is 8. The molecule has 4 rings (SSSR count). The number of methoxy groups -OCH3 is 1. The van der Waals surface area contributed by atoms with E-state index in [1.165, 1.54) is 49.7 Å². The Labute approximate surface area is 202 Å². The van der Waals surface area contributed by atoms with Crippen LogP contribution in [0.2, 0.25) is 5.02 Å². The van der Waals surface area contributed by atoms with Crippen LogP contribution >= 0.6 is 11.6 Å². The number of amides is 1. The lowest BCUT2D eigenvalue weighted by atomic mass is 10.2. The van der Waals surface area contributed by atoms with Gasteiger partial charge in [0.15, 0.2) is 17.3 Å². The smallest absolute Gasteiger partial charge is 0.307 e. The van der Waals surface area contributed by atoms with Gasteiger partial charge in [-0.1, -0.05) is 23.7 Å². The fourth-order valence-corrected chi connectivity index (χ4v) is 3.49. The Hall–Kier alpha value is -4.44. The number of halogens is 2. The summed E-state index contributed by atoms with van der Waals surface area (Å²) in [6, 6.07) is 14.5. The second kappa shape index (κ2) is 10.2. The van der Waals surface area contributed by atoms with Crippen molar-refractivity contribution in [3.05, 3.63) is 98.5 Å². The molecule has 0 fully saturated rings. The number of carbonyl (C=O) groups excluding carboxylic acids is 1. The molecule has 1 N–H and O–H groups in total. The first kappa shape index (κ1) is 23.7. The number of benzene rings is 3. The third-order valence-electron chi connectivity index (χ3n) is 4.84. The van der Waals surface area contributed by atoms with Gasteiger partial charge in [-0.2, -0.15) is 5.10 Å². The normalized spacial score (nSPS) is 11.1. The quantitative estimate of drug-likeness (QED) is 0.195. The van der Waals surface area contributed by atoms with Crippen LogP contribution in [0.1, 0.15) is 21.7 Å². The molecule has 0 saturated heterocycles. The van der Waals surface area contributed by atoms with Gasteiger partial charge in [0, 0.05) is 17.5 Å². The number of nitro benzene ring substituents is 1.